The van der Waals surface area contributed by atoms with Crippen LogP contribution in [0.4, 0.5) is 4.79 Å². The van der Waals surface area contributed by atoms with Crippen molar-refractivity contribution in [2.45, 2.75) is 64.3 Å². The van der Waals surface area contributed by atoms with Crippen molar-refractivity contribution < 1.29 is 14.3 Å². The van der Waals surface area contributed by atoms with Crippen LogP contribution in [-0.4, -0.2) is 41.9 Å². The first-order chi connectivity index (χ1) is 8.37. The van der Waals surface area contributed by atoms with Crippen LogP contribution in [0.1, 0.15) is 46.5 Å². The Labute approximate surface area is 109 Å². The van der Waals surface area contributed by atoms with Crippen molar-refractivity contribution in [2.24, 2.45) is 5.41 Å². The molecule has 2 saturated heterocycles. The second kappa shape index (κ2) is 3.86. The summed E-state index contributed by atoms with van der Waals surface area (Å²) in [5, 5.41) is 0. The highest BCUT2D eigenvalue weighted by Crippen LogP contribution is 2.54. The highest BCUT2D eigenvalue weighted by atomic mass is 16.6. The fourth-order valence-corrected chi connectivity index (χ4v) is 3.37. The lowest BCUT2D eigenvalue weighted by Crippen LogP contribution is -2.45. The molecule has 18 heavy (non-hydrogen) atoms. The van der Waals surface area contributed by atoms with E-state index in [9.17, 15) is 4.79 Å². The number of nitrogens with zero attached hydrogens (tertiary/aromatic N) is 1. The molecule has 102 valence electrons. The van der Waals surface area contributed by atoms with Crippen LogP contribution in [0.25, 0.3) is 0 Å². The van der Waals surface area contributed by atoms with Crippen LogP contribution in [-0.2, 0) is 9.47 Å². The molecule has 2 atom stereocenters. The van der Waals surface area contributed by atoms with E-state index in [1.807, 2.05) is 25.7 Å². The van der Waals surface area contributed by atoms with E-state index in [4.69, 9.17) is 9.47 Å². The molecule has 4 heteroatoms. The first kappa shape index (κ1) is 12.3. The summed E-state index contributed by atoms with van der Waals surface area (Å²) in [7, 11) is 0. The van der Waals surface area contributed by atoms with Gasteiger partial charge in [-0.2, -0.15) is 0 Å². The Balaban J connectivity index is 1.52. The standard InChI is InChI=1S/C14H23NO3/c1-13(2,3)18-12(16)15-6-4-14(5-7-15)8-10-11(9-14)17-10/h10-11H,4-9H2,1-3H3. The van der Waals surface area contributed by atoms with E-state index >= 15 is 0 Å². The molecule has 1 amide bonds. The molecule has 0 radical (unpaired) electrons. The highest BCUT2D eigenvalue weighted by molar-refractivity contribution is 5.68. The van der Waals surface area contributed by atoms with Crippen molar-refractivity contribution in [1.29, 1.82) is 0 Å². The van der Waals surface area contributed by atoms with Crippen molar-refractivity contribution in [3.63, 3.8) is 0 Å². The van der Waals surface area contributed by atoms with Gasteiger partial charge in [-0.05, 0) is 51.9 Å². The summed E-state index contributed by atoms with van der Waals surface area (Å²) < 4.78 is 10.9. The summed E-state index contributed by atoms with van der Waals surface area (Å²) in [6, 6.07) is 0. The van der Waals surface area contributed by atoms with Crippen molar-refractivity contribution in [3.8, 4) is 0 Å². The molecule has 0 aromatic rings. The molecule has 1 spiro atoms. The predicted molar refractivity (Wildman–Crippen MR) is 67.4 cm³/mol. The first-order valence-corrected chi connectivity index (χ1v) is 7.00. The van der Waals surface area contributed by atoms with Crippen LogP contribution in [0.2, 0.25) is 0 Å². The molecule has 3 rings (SSSR count). The quantitative estimate of drug-likeness (QED) is 0.623. The van der Waals surface area contributed by atoms with Crippen molar-refractivity contribution in [2.75, 3.05) is 13.1 Å². The summed E-state index contributed by atoms with van der Waals surface area (Å²) >= 11 is 0. The fraction of sp³-hybridized carbons (Fsp3) is 0.929. The summed E-state index contributed by atoms with van der Waals surface area (Å²) in [4.78, 5) is 13.8. The van der Waals surface area contributed by atoms with Crippen molar-refractivity contribution in [3.05, 3.63) is 0 Å². The Morgan fingerprint density at radius 2 is 1.78 bits per heavy atom. The van der Waals surface area contributed by atoms with E-state index in [1.54, 1.807) is 0 Å². The third-order valence-electron chi connectivity index (χ3n) is 4.43. The van der Waals surface area contributed by atoms with Crippen LogP contribution in [0.15, 0.2) is 0 Å². The zero-order valence-corrected chi connectivity index (χ0v) is 11.6. The molecule has 1 saturated carbocycles. The Bertz CT molecular complexity index is 341. The van der Waals surface area contributed by atoms with Gasteiger partial charge in [0.25, 0.3) is 0 Å². The number of ether oxygens (including phenoxy) is 2. The maximum atomic E-state index is 12.0. The van der Waals surface area contributed by atoms with E-state index < -0.39 is 5.60 Å². The molecular weight excluding hydrogens is 230 g/mol. The number of hydrogen-bond donors (Lipinski definition) is 0. The van der Waals surface area contributed by atoms with E-state index in [2.05, 4.69) is 0 Å². The second-order valence-electron chi connectivity index (χ2n) is 7.09. The van der Waals surface area contributed by atoms with Gasteiger partial charge in [0.05, 0.1) is 12.2 Å². The van der Waals surface area contributed by atoms with E-state index in [1.165, 1.54) is 12.8 Å². The van der Waals surface area contributed by atoms with Gasteiger partial charge in [-0.3, -0.25) is 0 Å². The molecular formula is C14H23NO3. The van der Waals surface area contributed by atoms with Gasteiger partial charge in [-0.25, -0.2) is 4.79 Å². The van der Waals surface area contributed by atoms with Crippen molar-refractivity contribution >= 4 is 6.09 Å². The number of piperidine rings is 1. The topological polar surface area (TPSA) is 42.1 Å². The molecule has 2 heterocycles. The largest absolute Gasteiger partial charge is 0.444 e. The van der Waals surface area contributed by atoms with Crippen LogP contribution >= 0.6 is 0 Å². The SMILES string of the molecule is CC(C)(C)OC(=O)N1CCC2(CC1)CC1OC1C2. The number of epoxide rings is 1. The monoisotopic (exact) mass is 253 g/mol. The Morgan fingerprint density at radius 1 is 1.22 bits per heavy atom. The minimum Gasteiger partial charge on any atom is -0.444 e. The number of likely N-dealkylation sites (tertiary alicyclic amines) is 1. The molecule has 0 N–H and O–H groups in total. The number of amides is 1. The van der Waals surface area contributed by atoms with Crippen LogP contribution in [0.3, 0.4) is 0 Å². The third kappa shape index (κ3) is 2.35. The number of carbonyl (C=O) groups excluding carboxylic acids is 1. The van der Waals surface area contributed by atoms with Crippen molar-refractivity contribution in [1.82, 2.24) is 4.90 Å². The van der Waals surface area contributed by atoms with E-state index in [-0.39, 0.29) is 6.09 Å². The Hall–Kier alpha value is -0.770. The number of rotatable bonds is 0. The van der Waals surface area contributed by atoms with Gasteiger partial charge < -0.3 is 14.4 Å². The average molecular weight is 253 g/mol. The first-order valence-electron chi connectivity index (χ1n) is 7.00. The van der Waals surface area contributed by atoms with E-state index in [0.29, 0.717) is 17.6 Å². The number of fused-ring (bicyclic) bond motifs is 1. The second-order valence-corrected chi connectivity index (χ2v) is 7.09. The molecule has 3 fully saturated rings. The molecule has 2 aliphatic heterocycles. The fourth-order valence-electron chi connectivity index (χ4n) is 3.37. The normalized spacial score (nSPS) is 33.4. The molecule has 2 unspecified atom stereocenters. The summed E-state index contributed by atoms with van der Waals surface area (Å²) in [6.45, 7) is 7.43. The number of hydrogen-bond acceptors (Lipinski definition) is 3. The smallest absolute Gasteiger partial charge is 0.410 e. The molecule has 0 bridgehead atoms. The molecule has 4 nitrogen and oxygen atoms in total. The molecule has 0 aromatic heterocycles. The number of carbonyl (C=O) groups is 1. The average Bonchev–Trinajstić information content (AvgIpc) is 2.86. The lowest BCUT2D eigenvalue weighted by atomic mass is 9.76. The Morgan fingerprint density at radius 3 is 2.28 bits per heavy atom. The lowest BCUT2D eigenvalue weighted by molar-refractivity contribution is 0.00621. The summed E-state index contributed by atoms with van der Waals surface area (Å²) in [5.41, 5.74) is 0.0706. The van der Waals surface area contributed by atoms with Crippen LogP contribution < -0.4 is 0 Å². The Kier molecular flexibility index (Phi) is 2.63. The van der Waals surface area contributed by atoms with Gasteiger partial charge in [0.1, 0.15) is 5.60 Å². The maximum absolute atomic E-state index is 12.0. The summed E-state index contributed by atoms with van der Waals surface area (Å²) in [6.07, 6.45) is 5.57. The zero-order chi connectivity index (χ0) is 13.0. The van der Waals surface area contributed by atoms with Crippen LogP contribution in [0, 0.1) is 5.41 Å². The van der Waals surface area contributed by atoms with Gasteiger partial charge in [-0.15, -0.1) is 0 Å². The third-order valence-corrected chi connectivity index (χ3v) is 4.43. The van der Waals surface area contributed by atoms with Gasteiger partial charge in [0, 0.05) is 13.1 Å². The molecule has 1 aliphatic carbocycles. The minimum absolute atomic E-state index is 0.156. The minimum atomic E-state index is -0.394. The lowest BCUT2D eigenvalue weighted by Gasteiger charge is -2.40. The predicted octanol–water partition coefficient (Wildman–Crippen LogP) is 2.56. The molecule has 3 aliphatic rings. The van der Waals surface area contributed by atoms with Gasteiger partial charge in [0.2, 0.25) is 0 Å². The zero-order valence-electron chi connectivity index (χ0n) is 11.6. The van der Waals surface area contributed by atoms with Gasteiger partial charge >= 0.3 is 6.09 Å². The summed E-state index contributed by atoms with van der Waals surface area (Å²) in [5.74, 6) is 0. The van der Waals surface area contributed by atoms with Gasteiger partial charge in [-0.1, -0.05) is 0 Å². The maximum Gasteiger partial charge on any atom is 0.410 e. The van der Waals surface area contributed by atoms with Crippen LogP contribution in [0.5, 0.6) is 0 Å². The van der Waals surface area contributed by atoms with E-state index in [0.717, 1.165) is 25.9 Å². The highest BCUT2D eigenvalue weighted by Gasteiger charge is 2.56. The molecule has 0 aromatic carbocycles. The van der Waals surface area contributed by atoms with Gasteiger partial charge in [0.15, 0.2) is 0 Å².